The zero-order chi connectivity index (χ0) is 19.8. The molecular weight excluding hydrogens is 358 g/mol. The number of rotatable bonds is 3. The second kappa shape index (κ2) is 6.88. The van der Waals surface area contributed by atoms with Crippen LogP contribution in [0.1, 0.15) is 26.3 Å². The average Bonchev–Trinajstić information content (AvgIpc) is 3.07. The molecule has 5 rings (SSSR count). The predicted octanol–water partition coefficient (Wildman–Crippen LogP) is 5.82. The van der Waals surface area contributed by atoms with E-state index in [0.29, 0.717) is 16.7 Å². The number of carbonyl (C=O) groups is 2. The minimum atomic E-state index is -0.236. The van der Waals surface area contributed by atoms with E-state index in [1.807, 2.05) is 84.9 Å². The number of fused-ring (bicyclic) bond motifs is 3. The quantitative estimate of drug-likeness (QED) is 0.432. The molecule has 138 valence electrons. The first-order valence-electron chi connectivity index (χ1n) is 9.46. The van der Waals surface area contributed by atoms with Gasteiger partial charge in [0.2, 0.25) is 0 Å². The maximum atomic E-state index is 13.0. The molecule has 3 nitrogen and oxygen atoms in total. The topological polar surface area (TPSA) is 46.2 Å². The molecule has 29 heavy (non-hydrogen) atoms. The summed E-state index contributed by atoms with van der Waals surface area (Å²) in [5.74, 6) is -0.269. The summed E-state index contributed by atoms with van der Waals surface area (Å²) >= 11 is 0. The van der Waals surface area contributed by atoms with Gasteiger partial charge in [-0.15, -0.1) is 0 Å². The maximum absolute atomic E-state index is 13.0. The Balaban J connectivity index is 1.48. The molecule has 4 aromatic rings. The summed E-state index contributed by atoms with van der Waals surface area (Å²) in [5, 5.41) is 3.00. The average molecular weight is 375 g/mol. The highest BCUT2D eigenvalue weighted by atomic mass is 16.1. The van der Waals surface area contributed by atoms with Crippen LogP contribution in [-0.4, -0.2) is 11.7 Å². The molecule has 0 saturated heterocycles. The fraction of sp³-hybridized carbons (Fsp3) is 0. The minimum Gasteiger partial charge on any atom is -0.321 e. The molecule has 0 bridgehead atoms. The summed E-state index contributed by atoms with van der Waals surface area (Å²) in [6, 6.07) is 30.5. The van der Waals surface area contributed by atoms with E-state index in [2.05, 4.69) is 5.32 Å². The van der Waals surface area contributed by atoms with Gasteiger partial charge in [-0.25, -0.2) is 0 Å². The van der Waals surface area contributed by atoms with Crippen molar-refractivity contribution in [3.63, 3.8) is 0 Å². The number of benzene rings is 4. The lowest BCUT2D eigenvalue weighted by Crippen LogP contribution is -2.13. The second-order valence-corrected chi connectivity index (χ2v) is 7.00. The van der Waals surface area contributed by atoms with Gasteiger partial charge in [-0.1, -0.05) is 78.9 Å². The van der Waals surface area contributed by atoms with Crippen molar-refractivity contribution in [1.29, 1.82) is 0 Å². The van der Waals surface area contributed by atoms with E-state index in [9.17, 15) is 9.59 Å². The van der Waals surface area contributed by atoms with Crippen molar-refractivity contribution in [3.8, 4) is 22.3 Å². The summed E-state index contributed by atoms with van der Waals surface area (Å²) in [6.07, 6.45) is 0. The fourth-order valence-corrected chi connectivity index (χ4v) is 3.83. The molecule has 0 fully saturated rings. The van der Waals surface area contributed by atoms with E-state index in [0.717, 1.165) is 27.9 Å². The smallest absolute Gasteiger partial charge is 0.255 e. The first kappa shape index (κ1) is 17.1. The monoisotopic (exact) mass is 375 g/mol. The molecule has 1 aliphatic carbocycles. The van der Waals surface area contributed by atoms with Crippen molar-refractivity contribution in [2.45, 2.75) is 0 Å². The lowest BCUT2D eigenvalue weighted by Gasteiger charge is -2.12. The summed E-state index contributed by atoms with van der Waals surface area (Å²) in [7, 11) is 0. The molecule has 1 aliphatic rings. The van der Waals surface area contributed by atoms with E-state index in [1.54, 1.807) is 12.1 Å². The van der Waals surface area contributed by atoms with Gasteiger partial charge in [-0.2, -0.15) is 0 Å². The lowest BCUT2D eigenvalue weighted by atomic mass is 10.0. The second-order valence-electron chi connectivity index (χ2n) is 7.00. The zero-order valence-electron chi connectivity index (χ0n) is 15.6. The standard InChI is InChI=1S/C26H17NO2/c28-25-22-12-5-4-11-20(22)21-15-14-18(16-23(21)25)26(29)27-24-13-7-6-10-19(24)17-8-2-1-3-9-17/h1-16H,(H,27,29). The van der Waals surface area contributed by atoms with Crippen molar-refractivity contribution in [3.05, 3.63) is 114 Å². The van der Waals surface area contributed by atoms with Crippen LogP contribution in [0.25, 0.3) is 22.3 Å². The van der Waals surface area contributed by atoms with Crippen molar-refractivity contribution in [1.82, 2.24) is 0 Å². The van der Waals surface area contributed by atoms with Crippen LogP contribution in [0.3, 0.4) is 0 Å². The number of hydrogen-bond acceptors (Lipinski definition) is 2. The minimum absolute atomic E-state index is 0.0325. The van der Waals surface area contributed by atoms with Gasteiger partial charge in [-0.05, 0) is 34.9 Å². The van der Waals surface area contributed by atoms with Crippen molar-refractivity contribution in [2.24, 2.45) is 0 Å². The van der Waals surface area contributed by atoms with E-state index in [-0.39, 0.29) is 11.7 Å². The van der Waals surface area contributed by atoms with Crippen molar-refractivity contribution < 1.29 is 9.59 Å². The molecule has 1 N–H and O–H groups in total. The molecule has 0 atom stereocenters. The molecule has 1 amide bonds. The number of nitrogens with one attached hydrogen (secondary N) is 1. The summed E-state index contributed by atoms with van der Waals surface area (Å²) in [4.78, 5) is 25.7. The molecular formula is C26H17NO2. The van der Waals surface area contributed by atoms with Gasteiger partial charge in [-0.3, -0.25) is 9.59 Å². The van der Waals surface area contributed by atoms with Gasteiger partial charge in [0.05, 0.1) is 0 Å². The number of anilines is 1. The predicted molar refractivity (Wildman–Crippen MR) is 115 cm³/mol. The van der Waals surface area contributed by atoms with Gasteiger partial charge in [0, 0.05) is 27.9 Å². The molecule has 0 unspecified atom stereocenters. The summed E-state index contributed by atoms with van der Waals surface area (Å²) < 4.78 is 0. The lowest BCUT2D eigenvalue weighted by molar-refractivity contribution is 0.102. The van der Waals surface area contributed by atoms with E-state index in [1.165, 1.54) is 0 Å². The number of ketones is 1. The molecule has 0 saturated carbocycles. The van der Waals surface area contributed by atoms with Crippen molar-refractivity contribution in [2.75, 3.05) is 5.32 Å². The van der Waals surface area contributed by atoms with Crippen LogP contribution in [-0.2, 0) is 0 Å². The van der Waals surface area contributed by atoms with E-state index < -0.39 is 0 Å². The van der Waals surface area contributed by atoms with Gasteiger partial charge in [0.25, 0.3) is 5.91 Å². The van der Waals surface area contributed by atoms with Crippen LogP contribution in [0.2, 0.25) is 0 Å². The number of para-hydroxylation sites is 1. The molecule has 0 aromatic heterocycles. The highest BCUT2D eigenvalue weighted by molar-refractivity contribution is 6.22. The van der Waals surface area contributed by atoms with Gasteiger partial charge >= 0.3 is 0 Å². The van der Waals surface area contributed by atoms with Crippen LogP contribution >= 0.6 is 0 Å². The van der Waals surface area contributed by atoms with Crippen LogP contribution < -0.4 is 5.32 Å². The third-order valence-electron chi connectivity index (χ3n) is 5.25. The molecule has 3 heteroatoms. The Morgan fingerprint density at radius 3 is 2.00 bits per heavy atom. The Morgan fingerprint density at radius 2 is 1.21 bits per heavy atom. The number of carbonyl (C=O) groups excluding carboxylic acids is 2. The fourth-order valence-electron chi connectivity index (χ4n) is 3.83. The molecule has 0 radical (unpaired) electrons. The van der Waals surface area contributed by atoms with Gasteiger partial charge in [0.15, 0.2) is 5.78 Å². The SMILES string of the molecule is O=C(Nc1ccccc1-c1ccccc1)c1ccc2c(c1)C(=O)c1ccccc1-2. The Bertz CT molecular complexity index is 1260. The first-order valence-corrected chi connectivity index (χ1v) is 9.46. The first-order chi connectivity index (χ1) is 14.2. The molecule has 0 spiro atoms. The van der Waals surface area contributed by atoms with Crippen LogP contribution in [0, 0.1) is 0 Å². The van der Waals surface area contributed by atoms with Crippen LogP contribution in [0.4, 0.5) is 5.69 Å². The Morgan fingerprint density at radius 1 is 0.586 bits per heavy atom. The zero-order valence-corrected chi connectivity index (χ0v) is 15.6. The normalized spacial score (nSPS) is 11.7. The van der Waals surface area contributed by atoms with E-state index in [4.69, 9.17) is 0 Å². The van der Waals surface area contributed by atoms with E-state index >= 15 is 0 Å². The molecule has 0 aliphatic heterocycles. The third-order valence-corrected chi connectivity index (χ3v) is 5.25. The van der Waals surface area contributed by atoms with Gasteiger partial charge in [0.1, 0.15) is 0 Å². The highest BCUT2D eigenvalue weighted by Gasteiger charge is 2.27. The number of amides is 1. The summed E-state index contributed by atoms with van der Waals surface area (Å²) in [5.41, 5.74) is 6.26. The summed E-state index contributed by atoms with van der Waals surface area (Å²) in [6.45, 7) is 0. The highest BCUT2D eigenvalue weighted by Crippen LogP contribution is 2.37. The number of hydrogen-bond donors (Lipinski definition) is 1. The Labute approximate surface area is 168 Å². The Kier molecular flexibility index (Phi) is 4.07. The molecule has 4 aromatic carbocycles. The van der Waals surface area contributed by atoms with Crippen LogP contribution in [0.15, 0.2) is 97.1 Å². The molecule has 0 heterocycles. The van der Waals surface area contributed by atoms with Gasteiger partial charge < -0.3 is 5.32 Å². The van der Waals surface area contributed by atoms with Crippen LogP contribution in [0.5, 0.6) is 0 Å². The Hall–Kier alpha value is -3.98. The largest absolute Gasteiger partial charge is 0.321 e. The third kappa shape index (κ3) is 2.93. The van der Waals surface area contributed by atoms with Crippen molar-refractivity contribution >= 4 is 17.4 Å². The maximum Gasteiger partial charge on any atom is 0.255 e.